The Labute approximate surface area is 87.0 Å². The highest BCUT2D eigenvalue weighted by Crippen LogP contribution is 2.31. The third-order valence-electron chi connectivity index (χ3n) is 2.73. The summed E-state index contributed by atoms with van der Waals surface area (Å²) < 4.78 is 32.2. The third-order valence-corrected chi connectivity index (χ3v) is 2.73. The highest BCUT2D eigenvalue weighted by atomic mass is 19.1. The van der Waals surface area contributed by atoms with E-state index in [9.17, 15) is 8.78 Å². The molecule has 0 saturated carbocycles. The zero-order chi connectivity index (χ0) is 10.9. The summed E-state index contributed by atoms with van der Waals surface area (Å²) in [5.74, 6) is -1.19. The standard InChI is InChI=1S/C11H13F2NO/c12-8-3-1-4-9(13)10(8)11(14)5-2-6-15-7-11/h1,3-4H,2,5-7,14H2. The number of nitrogens with two attached hydrogens (primary N) is 1. The fourth-order valence-corrected chi connectivity index (χ4v) is 1.99. The maximum atomic E-state index is 13.5. The van der Waals surface area contributed by atoms with Crippen LogP contribution in [0, 0.1) is 11.6 Å². The van der Waals surface area contributed by atoms with Gasteiger partial charge < -0.3 is 10.5 Å². The zero-order valence-corrected chi connectivity index (χ0v) is 8.30. The van der Waals surface area contributed by atoms with E-state index < -0.39 is 17.2 Å². The van der Waals surface area contributed by atoms with Crippen molar-refractivity contribution >= 4 is 0 Å². The first kappa shape index (κ1) is 10.5. The van der Waals surface area contributed by atoms with E-state index in [0.29, 0.717) is 13.0 Å². The van der Waals surface area contributed by atoms with E-state index in [2.05, 4.69) is 0 Å². The number of hydrogen-bond donors (Lipinski definition) is 1. The van der Waals surface area contributed by atoms with Crippen LogP contribution < -0.4 is 5.73 Å². The second-order valence-corrected chi connectivity index (χ2v) is 3.91. The minimum absolute atomic E-state index is 0.0512. The van der Waals surface area contributed by atoms with Gasteiger partial charge in [0, 0.05) is 12.2 Å². The number of benzene rings is 1. The molecular formula is C11H13F2NO. The SMILES string of the molecule is NC1(c2c(F)cccc2F)CCCOC1. The van der Waals surface area contributed by atoms with Gasteiger partial charge in [0.1, 0.15) is 11.6 Å². The summed E-state index contributed by atoms with van der Waals surface area (Å²) >= 11 is 0. The van der Waals surface area contributed by atoms with Gasteiger partial charge in [-0.3, -0.25) is 0 Å². The maximum Gasteiger partial charge on any atom is 0.131 e. The Bertz CT molecular complexity index is 341. The summed E-state index contributed by atoms with van der Waals surface area (Å²) in [7, 11) is 0. The lowest BCUT2D eigenvalue weighted by molar-refractivity contribution is 0.0336. The Morgan fingerprint density at radius 2 is 1.93 bits per heavy atom. The van der Waals surface area contributed by atoms with E-state index in [0.717, 1.165) is 6.42 Å². The van der Waals surface area contributed by atoms with Crippen LogP contribution in [-0.2, 0) is 10.3 Å². The Hall–Kier alpha value is -1.00. The van der Waals surface area contributed by atoms with E-state index in [1.165, 1.54) is 18.2 Å². The molecule has 2 N–H and O–H groups in total. The molecule has 0 amide bonds. The average Bonchev–Trinajstić information content (AvgIpc) is 2.18. The zero-order valence-electron chi connectivity index (χ0n) is 8.30. The van der Waals surface area contributed by atoms with Crippen molar-refractivity contribution < 1.29 is 13.5 Å². The smallest absolute Gasteiger partial charge is 0.131 e. The van der Waals surface area contributed by atoms with E-state index in [1.807, 2.05) is 0 Å². The van der Waals surface area contributed by atoms with Crippen molar-refractivity contribution in [3.63, 3.8) is 0 Å². The molecule has 82 valence electrons. The van der Waals surface area contributed by atoms with Crippen molar-refractivity contribution in [2.45, 2.75) is 18.4 Å². The van der Waals surface area contributed by atoms with Gasteiger partial charge in [-0.15, -0.1) is 0 Å². The van der Waals surface area contributed by atoms with Crippen LogP contribution >= 0.6 is 0 Å². The predicted octanol–water partition coefficient (Wildman–Crippen LogP) is 1.93. The second-order valence-electron chi connectivity index (χ2n) is 3.91. The molecule has 0 bridgehead atoms. The molecule has 1 aromatic carbocycles. The number of hydrogen-bond acceptors (Lipinski definition) is 2. The average molecular weight is 213 g/mol. The van der Waals surface area contributed by atoms with Crippen molar-refractivity contribution in [3.8, 4) is 0 Å². The molecule has 2 rings (SSSR count). The van der Waals surface area contributed by atoms with Crippen LogP contribution in [0.25, 0.3) is 0 Å². The first-order valence-electron chi connectivity index (χ1n) is 4.95. The van der Waals surface area contributed by atoms with Gasteiger partial charge in [-0.05, 0) is 25.0 Å². The molecule has 1 saturated heterocycles. The molecule has 4 heteroatoms. The predicted molar refractivity (Wildman–Crippen MR) is 52.3 cm³/mol. The van der Waals surface area contributed by atoms with E-state index in [1.54, 1.807) is 0 Å². The minimum Gasteiger partial charge on any atom is -0.379 e. The van der Waals surface area contributed by atoms with Gasteiger partial charge in [0.2, 0.25) is 0 Å². The van der Waals surface area contributed by atoms with Crippen LogP contribution in [0.1, 0.15) is 18.4 Å². The topological polar surface area (TPSA) is 35.2 Å². The van der Waals surface area contributed by atoms with Crippen LogP contribution in [0.4, 0.5) is 8.78 Å². The minimum atomic E-state index is -1.02. The highest BCUT2D eigenvalue weighted by molar-refractivity contribution is 5.28. The first-order chi connectivity index (χ1) is 7.13. The Morgan fingerprint density at radius 3 is 2.47 bits per heavy atom. The first-order valence-corrected chi connectivity index (χ1v) is 4.95. The van der Waals surface area contributed by atoms with Gasteiger partial charge in [-0.2, -0.15) is 0 Å². The molecule has 0 radical (unpaired) electrons. The van der Waals surface area contributed by atoms with Crippen LogP contribution in [0.5, 0.6) is 0 Å². The lowest BCUT2D eigenvalue weighted by Crippen LogP contribution is -2.45. The molecule has 1 aromatic rings. The third kappa shape index (κ3) is 1.87. The van der Waals surface area contributed by atoms with Crippen LogP contribution in [0.2, 0.25) is 0 Å². The molecule has 1 aliphatic rings. The molecule has 15 heavy (non-hydrogen) atoms. The normalized spacial score (nSPS) is 26.6. The van der Waals surface area contributed by atoms with Crippen molar-refractivity contribution in [1.29, 1.82) is 0 Å². The molecule has 1 fully saturated rings. The lowest BCUT2D eigenvalue weighted by Gasteiger charge is -2.34. The Kier molecular flexibility index (Phi) is 2.71. The maximum absolute atomic E-state index is 13.5. The van der Waals surface area contributed by atoms with Crippen molar-refractivity contribution in [1.82, 2.24) is 0 Å². The van der Waals surface area contributed by atoms with E-state index in [-0.39, 0.29) is 12.2 Å². The lowest BCUT2D eigenvalue weighted by atomic mass is 9.85. The van der Waals surface area contributed by atoms with Crippen LogP contribution in [0.3, 0.4) is 0 Å². The van der Waals surface area contributed by atoms with Crippen molar-refractivity contribution in [2.24, 2.45) is 5.73 Å². The summed E-state index contributed by atoms with van der Waals surface area (Å²) in [6, 6.07) is 3.78. The van der Waals surface area contributed by atoms with Gasteiger partial charge >= 0.3 is 0 Å². The fourth-order valence-electron chi connectivity index (χ4n) is 1.99. The molecule has 1 heterocycles. The molecule has 0 aromatic heterocycles. The van der Waals surface area contributed by atoms with Crippen molar-refractivity contribution in [3.05, 3.63) is 35.4 Å². The molecule has 1 unspecified atom stereocenters. The largest absolute Gasteiger partial charge is 0.379 e. The molecule has 2 nitrogen and oxygen atoms in total. The summed E-state index contributed by atoms with van der Waals surface area (Å²) in [6.45, 7) is 0.778. The molecule has 0 aliphatic carbocycles. The Morgan fingerprint density at radius 1 is 1.27 bits per heavy atom. The highest BCUT2D eigenvalue weighted by Gasteiger charge is 2.35. The van der Waals surface area contributed by atoms with Crippen molar-refractivity contribution in [2.75, 3.05) is 13.2 Å². The fraction of sp³-hybridized carbons (Fsp3) is 0.455. The number of rotatable bonds is 1. The molecule has 0 spiro atoms. The van der Waals surface area contributed by atoms with Gasteiger partial charge in [-0.25, -0.2) is 8.78 Å². The number of halogens is 2. The summed E-state index contributed by atoms with van der Waals surface area (Å²) in [4.78, 5) is 0. The van der Waals surface area contributed by atoms with Crippen LogP contribution in [0.15, 0.2) is 18.2 Å². The van der Waals surface area contributed by atoms with Gasteiger partial charge in [0.25, 0.3) is 0 Å². The molecular weight excluding hydrogens is 200 g/mol. The molecule has 1 aliphatic heterocycles. The Balaban J connectivity index is 2.42. The van der Waals surface area contributed by atoms with Crippen LogP contribution in [-0.4, -0.2) is 13.2 Å². The van der Waals surface area contributed by atoms with E-state index >= 15 is 0 Å². The molecule has 1 atom stereocenters. The van der Waals surface area contributed by atoms with Gasteiger partial charge in [0.05, 0.1) is 12.1 Å². The van der Waals surface area contributed by atoms with E-state index in [4.69, 9.17) is 10.5 Å². The number of ether oxygens (including phenoxy) is 1. The summed E-state index contributed by atoms with van der Waals surface area (Å²) in [5, 5.41) is 0. The second kappa shape index (κ2) is 3.87. The summed E-state index contributed by atoms with van der Waals surface area (Å²) in [5.41, 5.74) is 4.91. The van der Waals surface area contributed by atoms with Gasteiger partial charge in [-0.1, -0.05) is 6.07 Å². The monoisotopic (exact) mass is 213 g/mol. The summed E-state index contributed by atoms with van der Waals surface area (Å²) in [6.07, 6.45) is 1.27. The van der Waals surface area contributed by atoms with Gasteiger partial charge in [0.15, 0.2) is 0 Å². The quantitative estimate of drug-likeness (QED) is 0.773.